The average molecular weight is 504 g/mol. The van der Waals surface area contributed by atoms with Crippen molar-refractivity contribution in [3.63, 3.8) is 0 Å². The molecule has 0 heterocycles. The van der Waals surface area contributed by atoms with Gasteiger partial charge in [0.2, 0.25) is 0 Å². The van der Waals surface area contributed by atoms with E-state index in [1.165, 1.54) is 0 Å². The second kappa shape index (κ2) is 12.2. The Balaban J connectivity index is 3.35. The highest BCUT2D eigenvalue weighted by Gasteiger charge is 2.35. The first-order valence-corrected chi connectivity index (χ1v) is 12.3. The van der Waals surface area contributed by atoms with Crippen LogP contribution in [-0.4, -0.2) is 54.7 Å². The molecule has 1 aromatic rings. The third kappa shape index (κ3) is 10.4. The number of ether oxygens (including phenoxy) is 2. The first kappa shape index (κ1) is 29.4. The van der Waals surface area contributed by atoms with Crippen LogP contribution in [0, 0.1) is 6.92 Å². The van der Waals surface area contributed by atoms with Crippen LogP contribution in [-0.2, 0) is 19.7 Å². The topological polar surface area (TPSA) is 67.9 Å². The van der Waals surface area contributed by atoms with Gasteiger partial charge in [0.15, 0.2) is 0 Å². The Morgan fingerprint density at radius 1 is 0.939 bits per heavy atom. The monoisotopic (exact) mass is 502 g/mol. The molecule has 0 aromatic heterocycles. The Morgan fingerprint density at radius 3 is 1.97 bits per heavy atom. The maximum Gasteiger partial charge on any atom is 0.407 e. The number of hydrogen-bond acceptors (Lipinski definition) is 5. The van der Waals surface area contributed by atoms with Crippen LogP contribution in [0.25, 0.3) is 0 Å². The van der Waals surface area contributed by atoms with E-state index in [2.05, 4.69) is 16.3 Å². The molecule has 188 valence electrons. The minimum absolute atomic E-state index is 0.0926. The van der Waals surface area contributed by atoms with E-state index in [1.807, 2.05) is 67.5 Å². The average Bonchev–Trinajstić information content (AvgIpc) is 2.63. The number of alkyl halides is 2. The van der Waals surface area contributed by atoms with Crippen LogP contribution < -0.4 is 10.2 Å². The number of nitrogens with one attached hydrogen (secondary N) is 1. The summed E-state index contributed by atoms with van der Waals surface area (Å²) in [5.74, 6) is 0.601. The van der Waals surface area contributed by atoms with Crippen LogP contribution in [0.4, 0.5) is 10.5 Å². The number of alkyl carbamates (subject to hydrolysis) is 1. The fourth-order valence-corrected chi connectivity index (χ4v) is 3.97. The third-order valence-corrected chi connectivity index (χ3v) is 5.26. The first-order valence-electron chi connectivity index (χ1n) is 11.3. The minimum atomic E-state index is -0.729. The molecule has 6 nitrogen and oxygen atoms in total. The lowest BCUT2D eigenvalue weighted by Gasteiger charge is -2.34. The van der Waals surface area contributed by atoms with Crippen molar-refractivity contribution in [3.8, 4) is 0 Å². The highest BCUT2D eigenvalue weighted by Crippen LogP contribution is 2.34. The van der Waals surface area contributed by atoms with Gasteiger partial charge >= 0.3 is 12.1 Å². The standard InChI is InChI=1S/C25H40Cl2N2O4/c1-18-9-10-19(29(13-11-26)14-12-27)15-20(18)25(8,16-21(30)32-23(2,3)4)17-28-22(31)33-24(5,6)7/h9-10,15H,11-14,16-17H2,1-8H3,(H,28,31). The third-order valence-electron chi connectivity index (χ3n) is 4.92. The summed E-state index contributed by atoms with van der Waals surface area (Å²) in [5.41, 5.74) is 0.955. The van der Waals surface area contributed by atoms with Crippen molar-refractivity contribution in [3.05, 3.63) is 29.3 Å². The number of anilines is 1. The van der Waals surface area contributed by atoms with E-state index < -0.39 is 22.7 Å². The molecule has 33 heavy (non-hydrogen) atoms. The second-order valence-corrected chi connectivity index (χ2v) is 11.3. The van der Waals surface area contributed by atoms with Gasteiger partial charge in [0.1, 0.15) is 11.2 Å². The van der Waals surface area contributed by atoms with Gasteiger partial charge in [-0.1, -0.05) is 13.0 Å². The maximum atomic E-state index is 12.8. The molecule has 0 spiro atoms. The molecule has 1 unspecified atom stereocenters. The Labute approximate surface area is 209 Å². The van der Waals surface area contributed by atoms with Crippen molar-refractivity contribution in [1.29, 1.82) is 0 Å². The largest absolute Gasteiger partial charge is 0.460 e. The lowest BCUT2D eigenvalue weighted by atomic mass is 9.77. The number of halogens is 2. The van der Waals surface area contributed by atoms with Crippen molar-refractivity contribution in [1.82, 2.24) is 5.32 Å². The normalized spacial score (nSPS) is 13.8. The van der Waals surface area contributed by atoms with E-state index >= 15 is 0 Å². The van der Waals surface area contributed by atoms with Crippen LogP contribution in [0.1, 0.15) is 66.0 Å². The van der Waals surface area contributed by atoms with Crippen molar-refractivity contribution >= 4 is 41.0 Å². The van der Waals surface area contributed by atoms with Gasteiger partial charge in [-0.2, -0.15) is 0 Å². The lowest BCUT2D eigenvalue weighted by Crippen LogP contribution is -2.43. The second-order valence-electron chi connectivity index (χ2n) is 10.5. The van der Waals surface area contributed by atoms with Gasteiger partial charge in [0, 0.05) is 42.5 Å². The molecule has 1 aromatic carbocycles. The zero-order valence-corrected chi connectivity index (χ0v) is 22.8. The molecule has 0 saturated carbocycles. The van der Waals surface area contributed by atoms with Gasteiger partial charge in [0.05, 0.1) is 6.42 Å². The fraction of sp³-hybridized carbons (Fsp3) is 0.680. The van der Waals surface area contributed by atoms with Gasteiger partial charge in [-0.05, 0) is 71.7 Å². The highest BCUT2D eigenvalue weighted by atomic mass is 35.5. The van der Waals surface area contributed by atoms with Crippen molar-refractivity contribution in [2.24, 2.45) is 0 Å². The SMILES string of the molecule is Cc1ccc(N(CCCl)CCCl)cc1C(C)(CNC(=O)OC(C)(C)C)CC(=O)OC(C)(C)C. The molecular formula is C25H40Cl2N2O4. The molecule has 1 rings (SSSR count). The van der Waals surface area contributed by atoms with E-state index in [4.69, 9.17) is 32.7 Å². The minimum Gasteiger partial charge on any atom is -0.460 e. The van der Waals surface area contributed by atoms with E-state index in [-0.39, 0.29) is 18.9 Å². The van der Waals surface area contributed by atoms with Crippen LogP contribution >= 0.6 is 23.2 Å². The first-order chi connectivity index (χ1) is 15.1. The number of esters is 1. The Kier molecular flexibility index (Phi) is 10.8. The van der Waals surface area contributed by atoms with E-state index in [9.17, 15) is 9.59 Å². The smallest absolute Gasteiger partial charge is 0.407 e. The Hall–Kier alpha value is -1.66. The summed E-state index contributed by atoms with van der Waals surface area (Å²) in [5, 5.41) is 2.85. The quantitative estimate of drug-likeness (QED) is 0.323. The molecule has 1 N–H and O–H groups in total. The Morgan fingerprint density at radius 2 is 1.48 bits per heavy atom. The maximum absolute atomic E-state index is 12.8. The molecule has 0 bridgehead atoms. The molecule has 0 radical (unpaired) electrons. The molecule has 0 saturated heterocycles. The van der Waals surface area contributed by atoms with Gasteiger partial charge in [-0.15, -0.1) is 23.2 Å². The van der Waals surface area contributed by atoms with E-state index in [0.29, 0.717) is 24.8 Å². The van der Waals surface area contributed by atoms with Crippen molar-refractivity contribution in [2.45, 2.75) is 78.4 Å². The number of hydrogen-bond donors (Lipinski definition) is 1. The predicted molar refractivity (Wildman–Crippen MR) is 137 cm³/mol. The summed E-state index contributed by atoms with van der Waals surface area (Å²) >= 11 is 12.0. The number of amides is 1. The summed E-state index contributed by atoms with van der Waals surface area (Å²) in [7, 11) is 0. The van der Waals surface area contributed by atoms with Gasteiger partial charge < -0.3 is 19.7 Å². The number of aryl methyl sites for hydroxylation is 1. The molecular weight excluding hydrogens is 463 g/mol. The van der Waals surface area contributed by atoms with E-state index in [1.54, 1.807) is 0 Å². The zero-order valence-electron chi connectivity index (χ0n) is 21.3. The zero-order chi connectivity index (χ0) is 25.4. The molecule has 0 aliphatic rings. The summed E-state index contributed by atoms with van der Waals surface area (Å²) in [6.45, 7) is 16.4. The van der Waals surface area contributed by atoms with Crippen LogP contribution in [0.2, 0.25) is 0 Å². The molecule has 0 aliphatic carbocycles. The van der Waals surface area contributed by atoms with Gasteiger partial charge in [-0.25, -0.2) is 4.79 Å². The molecule has 8 heteroatoms. The number of rotatable bonds is 10. The number of carbonyl (C=O) groups is 2. The van der Waals surface area contributed by atoms with Crippen LogP contribution in [0.3, 0.4) is 0 Å². The fourth-order valence-electron chi connectivity index (χ4n) is 3.56. The molecule has 1 amide bonds. The molecule has 1 atom stereocenters. The van der Waals surface area contributed by atoms with Crippen LogP contribution in [0.15, 0.2) is 18.2 Å². The summed E-state index contributed by atoms with van der Waals surface area (Å²) in [6, 6.07) is 6.09. The summed E-state index contributed by atoms with van der Waals surface area (Å²) in [4.78, 5) is 27.3. The Bertz CT molecular complexity index is 797. The summed E-state index contributed by atoms with van der Waals surface area (Å²) in [6.07, 6.45) is -0.437. The molecule has 0 aliphatic heterocycles. The number of benzene rings is 1. The summed E-state index contributed by atoms with van der Waals surface area (Å²) < 4.78 is 11.0. The molecule has 0 fully saturated rings. The van der Waals surface area contributed by atoms with Gasteiger partial charge in [0.25, 0.3) is 0 Å². The van der Waals surface area contributed by atoms with E-state index in [0.717, 1.165) is 16.8 Å². The van der Waals surface area contributed by atoms with Gasteiger partial charge in [-0.3, -0.25) is 4.79 Å². The number of nitrogens with zero attached hydrogens (tertiary/aromatic N) is 1. The predicted octanol–water partition coefficient (Wildman–Crippen LogP) is 5.79. The number of carbonyl (C=O) groups excluding carboxylic acids is 2. The highest BCUT2D eigenvalue weighted by molar-refractivity contribution is 6.18. The van der Waals surface area contributed by atoms with Crippen LogP contribution in [0.5, 0.6) is 0 Å². The van der Waals surface area contributed by atoms with Crippen molar-refractivity contribution in [2.75, 3.05) is 36.3 Å². The lowest BCUT2D eigenvalue weighted by molar-refractivity contribution is -0.156. The van der Waals surface area contributed by atoms with Crippen molar-refractivity contribution < 1.29 is 19.1 Å².